The molecule has 2 aromatic carbocycles. The van der Waals surface area contributed by atoms with Gasteiger partial charge < -0.3 is 24.7 Å². The fraction of sp³-hybridized carbons (Fsp3) is 0.357. The van der Waals surface area contributed by atoms with E-state index in [-0.39, 0.29) is 17.6 Å². The van der Waals surface area contributed by atoms with Gasteiger partial charge >= 0.3 is 0 Å². The quantitative estimate of drug-likeness (QED) is 0.514. The van der Waals surface area contributed by atoms with E-state index in [1.165, 1.54) is 0 Å². The highest BCUT2D eigenvalue weighted by Gasteiger charge is 2.29. The molecular formula is C28H32N4O3. The van der Waals surface area contributed by atoms with Gasteiger partial charge in [-0.2, -0.15) is 0 Å². The lowest BCUT2D eigenvalue weighted by molar-refractivity contribution is 0.0677. The zero-order chi connectivity index (χ0) is 24.7. The van der Waals surface area contributed by atoms with Crippen LogP contribution in [0.25, 0.3) is 16.5 Å². The van der Waals surface area contributed by atoms with Crippen LogP contribution in [0.1, 0.15) is 61.8 Å². The normalized spacial score (nSPS) is 19.3. The fourth-order valence-electron chi connectivity index (χ4n) is 4.80. The number of nitrogens with one attached hydrogen (secondary N) is 2. The highest BCUT2D eigenvalue weighted by Crippen LogP contribution is 2.38. The lowest BCUT2D eigenvalue weighted by Crippen LogP contribution is -2.28. The molecule has 2 N–H and O–H groups in total. The number of anilines is 1. The van der Waals surface area contributed by atoms with Crippen molar-refractivity contribution >= 4 is 34.4 Å². The van der Waals surface area contributed by atoms with Gasteiger partial charge in [-0.15, -0.1) is 0 Å². The van der Waals surface area contributed by atoms with Crippen molar-refractivity contribution in [2.45, 2.75) is 58.9 Å². The first-order valence-electron chi connectivity index (χ1n) is 12.1. The first kappa shape index (κ1) is 23.2. The monoisotopic (exact) mass is 472 g/mol. The maximum atomic E-state index is 13.3. The molecular weight excluding hydrogens is 440 g/mol. The molecule has 1 unspecified atom stereocenters. The predicted octanol–water partition coefficient (Wildman–Crippen LogP) is 5.66. The smallest absolute Gasteiger partial charge is 0.255 e. The number of rotatable bonds is 4. The molecule has 5 rings (SSSR count). The molecule has 1 amide bonds. The molecule has 0 saturated carbocycles. The van der Waals surface area contributed by atoms with E-state index in [9.17, 15) is 4.79 Å². The number of aromatic nitrogens is 1. The Kier molecular flexibility index (Phi) is 5.89. The van der Waals surface area contributed by atoms with E-state index in [4.69, 9.17) is 9.47 Å². The van der Waals surface area contributed by atoms with E-state index in [2.05, 4.69) is 40.1 Å². The maximum absolute atomic E-state index is 13.3. The van der Waals surface area contributed by atoms with Crippen LogP contribution in [0.3, 0.4) is 0 Å². The Morgan fingerprint density at radius 2 is 2.00 bits per heavy atom. The van der Waals surface area contributed by atoms with Crippen molar-refractivity contribution in [3.8, 4) is 5.75 Å². The van der Waals surface area contributed by atoms with Crippen molar-refractivity contribution < 1.29 is 14.3 Å². The summed E-state index contributed by atoms with van der Waals surface area (Å²) in [7, 11) is 0. The summed E-state index contributed by atoms with van der Waals surface area (Å²) in [6, 6.07) is 13.7. The minimum atomic E-state index is -0.397. The molecule has 2 atom stereocenters. The van der Waals surface area contributed by atoms with Crippen LogP contribution in [0.15, 0.2) is 53.7 Å². The molecule has 3 aromatic rings. The average molecular weight is 473 g/mol. The van der Waals surface area contributed by atoms with Crippen LogP contribution in [0.4, 0.5) is 5.69 Å². The summed E-state index contributed by atoms with van der Waals surface area (Å²) < 4.78 is 14.4. The van der Waals surface area contributed by atoms with Gasteiger partial charge in [-0.3, -0.25) is 4.79 Å². The summed E-state index contributed by atoms with van der Waals surface area (Å²) in [5.74, 6) is 0.594. The molecule has 0 saturated heterocycles. The van der Waals surface area contributed by atoms with E-state index in [0.29, 0.717) is 17.9 Å². The predicted molar refractivity (Wildman–Crippen MR) is 140 cm³/mol. The Morgan fingerprint density at radius 1 is 1.23 bits per heavy atom. The summed E-state index contributed by atoms with van der Waals surface area (Å²) in [6.07, 6.45) is 4.11. The Morgan fingerprint density at radius 3 is 2.71 bits per heavy atom. The number of fused-ring (bicyclic) bond motifs is 2. The first-order chi connectivity index (χ1) is 16.7. The molecule has 1 aromatic heterocycles. The van der Waals surface area contributed by atoms with Crippen molar-refractivity contribution in [2.75, 3.05) is 11.9 Å². The Balaban J connectivity index is 1.53. The number of amides is 1. The van der Waals surface area contributed by atoms with Crippen molar-refractivity contribution in [3.05, 3.63) is 65.5 Å². The molecule has 0 aliphatic carbocycles. The minimum Gasteiger partial charge on any atom is -0.488 e. The molecule has 0 bridgehead atoms. The third kappa shape index (κ3) is 4.56. The lowest BCUT2D eigenvalue weighted by Gasteiger charge is -2.30. The topological polar surface area (TPSA) is 76.9 Å². The molecule has 2 aliphatic heterocycles. The van der Waals surface area contributed by atoms with Crippen molar-refractivity contribution in [1.82, 2.24) is 9.88 Å². The molecule has 3 heterocycles. The van der Waals surface area contributed by atoms with Crippen molar-refractivity contribution in [3.63, 3.8) is 0 Å². The van der Waals surface area contributed by atoms with Crippen LogP contribution in [0, 0.1) is 6.92 Å². The fourth-order valence-corrected chi connectivity index (χ4v) is 4.80. The molecule has 7 nitrogen and oxygen atoms in total. The number of hydrogen-bond donors (Lipinski definition) is 2. The molecule has 0 radical (unpaired) electrons. The molecule has 182 valence electrons. The summed E-state index contributed by atoms with van der Waals surface area (Å²) >= 11 is 0. The van der Waals surface area contributed by atoms with Crippen LogP contribution in [0.5, 0.6) is 5.75 Å². The highest BCUT2D eigenvalue weighted by molar-refractivity contribution is 6.08. The van der Waals surface area contributed by atoms with Crippen LogP contribution in [-0.4, -0.2) is 35.2 Å². The number of aliphatic imine (C=N–C) groups is 1. The Hall–Kier alpha value is -3.58. The first-order valence-corrected chi connectivity index (χ1v) is 12.1. The van der Waals surface area contributed by atoms with Gasteiger partial charge in [0, 0.05) is 39.7 Å². The van der Waals surface area contributed by atoms with Crippen LogP contribution < -0.4 is 15.4 Å². The van der Waals surface area contributed by atoms with Crippen LogP contribution in [0.2, 0.25) is 0 Å². The van der Waals surface area contributed by atoms with Gasteiger partial charge in [0.2, 0.25) is 0 Å². The van der Waals surface area contributed by atoms with Gasteiger partial charge in [0.05, 0.1) is 24.5 Å². The molecule has 35 heavy (non-hydrogen) atoms. The maximum Gasteiger partial charge on any atom is 0.255 e. The van der Waals surface area contributed by atoms with E-state index >= 15 is 0 Å². The summed E-state index contributed by atoms with van der Waals surface area (Å²) in [5, 5.41) is 7.15. The SMILES string of the molecule is CC[C@@H]1COC2N=CNC=C2c2cc(C(=O)Nc3ccc(OC(C)(C)C)cc3)cc3cc(C)n1c23. The van der Waals surface area contributed by atoms with Gasteiger partial charge in [-0.05, 0) is 76.6 Å². The third-order valence-corrected chi connectivity index (χ3v) is 6.31. The van der Waals surface area contributed by atoms with E-state index in [1.54, 1.807) is 6.34 Å². The van der Waals surface area contributed by atoms with Gasteiger partial charge in [0.15, 0.2) is 6.23 Å². The number of ether oxygens (including phenoxy) is 2. The standard InChI is InChI=1S/C28H32N4O3/c1-6-21-15-34-27-24(14-29-16-30-27)23-13-19(12-18-11-17(2)32(21)25(18)23)26(33)31-20-7-9-22(10-8-20)35-28(3,4)5/h7-14,16,21,27H,6,15H2,1-5H3,(H,29,30)(H,31,33)/t21-,27?/m1/s1. The van der Waals surface area contributed by atoms with Crippen molar-refractivity contribution in [2.24, 2.45) is 4.99 Å². The molecule has 7 heteroatoms. The lowest BCUT2D eigenvalue weighted by atomic mass is 9.97. The second-order valence-corrected chi connectivity index (χ2v) is 10.1. The highest BCUT2D eigenvalue weighted by atomic mass is 16.5. The number of carbonyl (C=O) groups is 1. The van der Waals surface area contributed by atoms with E-state index in [1.807, 2.05) is 63.4 Å². The number of carbonyl (C=O) groups excluding carboxylic acids is 1. The van der Waals surface area contributed by atoms with Gasteiger partial charge in [-0.25, -0.2) is 4.99 Å². The van der Waals surface area contributed by atoms with Gasteiger partial charge in [0.25, 0.3) is 5.91 Å². The third-order valence-electron chi connectivity index (χ3n) is 6.31. The second kappa shape index (κ2) is 8.89. The molecule has 0 fully saturated rings. The Bertz CT molecular complexity index is 1330. The zero-order valence-electron chi connectivity index (χ0n) is 20.9. The van der Waals surface area contributed by atoms with E-state index < -0.39 is 6.23 Å². The number of aryl methyl sites for hydroxylation is 1. The van der Waals surface area contributed by atoms with Crippen LogP contribution >= 0.6 is 0 Å². The van der Waals surface area contributed by atoms with Gasteiger partial charge in [-0.1, -0.05) is 6.92 Å². The summed E-state index contributed by atoms with van der Waals surface area (Å²) in [6.45, 7) is 10.9. The van der Waals surface area contributed by atoms with Crippen LogP contribution in [-0.2, 0) is 4.74 Å². The van der Waals surface area contributed by atoms with Crippen molar-refractivity contribution in [1.29, 1.82) is 0 Å². The Labute approximate surface area is 205 Å². The largest absolute Gasteiger partial charge is 0.488 e. The number of nitrogens with zero attached hydrogens (tertiary/aromatic N) is 2. The zero-order valence-corrected chi connectivity index (χ0v) is 20.9. The minimum absolute atomic E-state index is 0.169. The summed E-state index contributed by atoms with van der Waals surface area (Å²) in [5.41, 5.74) is 5.17. The number of hydrogen-bond acceptors (Lipinski definition) is 5. The molecule has 0 spiro atoms. The summed E-state index contributed by atoms with van der Waals surface area (Å²) in [4.78, 5) is 17.9. The second-order valence-electron chi connectivity index (χ2n) is 10.1. The average Bonchev–Trinajstić information content (AvgIpc) is 3.14. The van der Waals surface area contributed by atoms with Gasteiger partial charge in [0.1, 0.15) is 11.4 Å². The van der Waals surface area contributed by atoms with E-state index in [0.717, 1.165) is 39.9 Å². The number of benzene rings is 2. The molecule has 2 aliphatic rings.